The smallest absolute Gasteiger partial charge is 0.257 e. The SMILES string of the molecule is Cc1occc1C(=O)N1CC[C@@]2(CCCN(Cc3ccc(F)cc3)C2=O)C1. The molecule has 27 heavy (non-hydrogen) atoms. The van der Waals surface area contributed by atoms with Gasteiger partial charge in [0.15, 0.2) is 0 Å². The maximum absolute atomic E-state index is 13.2. The summed E-state index contributed by atoms with van der Waals surface area (Å²) in [5.41, 5.74) is 0.992. The van der Waals surface area contributed by atoms with E-state index in [1.54, 1.807) is 30.0 Å². The number of amides is 2. The molecule has 142 valence electrons. The molecule has 2 aromatic rings. The van der Waals surface area contributed by atoms with Crippen LogP contribution < -0.4 is 0 Å². The van der Waals surface area contributed by atoms with Crippen molar-refractivity contribution < 1.29 is 18.4 Å². The van der Waals surface area contributed by atoms with Gasteiger partial charge in [0.25, 0.3) is 5.91 Å². The molecule has 4 rings (SSSR count). The number of carbonyl (C=O) groups is 2. The Balaban J connectivity index is 1.48. The normalized spacial score (nSPS) is 22.7. The predicted molar refractivity (Wildman–Crippen MR) is 97.4 cm³/mol. The predicted octanol–water partition coefficient (Wildman–Crippen LogP) is 3.38. The van der Waals surface area contributed by atoms with Crippen LogP contribution in [-0.4, -0.2) is 41.2 Å². The van der Waals surface area contributed by atoms with E-state index in [9.17, 15) is 14.0 Å². The van der Waals surface area contributed by atoms with Crippen molar-refractivity contribution in [2.75, 3.05) is 19.6 Å². The van der Waals surface area contributed by atoms with E-state index >= 15 is 0 Å². The van der Waals surface area contributed by atoms with E-state index in [1.807, 2.05) is 4.90 Å². The first-order valence-corrected chi connectivity index (χ1v) is 9.36. The van der Waals surface area contributed by atoms with Gasteiger partial charge in [-0.05, 0) is 49.9 Å². The Morgan fingerprint density at radius 3 is 2.67 bits per heavy atom. The van der Waals surface area contributed by atoms with E-state index in [4.69, 9.17) is 4.42 Å². The van der Waals surface area contributed by atoms with Crippen molar-refractivity contribution >= 4 is 11.8 Å². The Kier molecular flexibility index (Phi) is 4.50. The molecule has 2 saturated heterocycles. The zero-order valence-electron chi connectivity index (χ0n) is 15.4. The molecule has 0 N–H and O–H groups in total. The van der Waals surface area contributed by atoms with Crippen LogP contribution in [0.1, 0.15) is 40.9 Å². The molecular formula is C21H23FN2O3. The van der Waals surface area contributed by atoms with Crippen molar-refractivity contribution in [1.29, 1.82) is 0 Å². The fourth-order valence-corrected chi connectivity index (χ4v) is 4.31. The minimum Gasteiger partial charge on any atom is -0.469 e. The summed E-state index contributed by atoms with van der Waals surface area (Å²) in [5, 5.41) is 0. The van der Waals surface area contributed by atoms with Gasteiger partial charge in [0.1, 0.15) is 11.6 Å². The lowest BCUT2D eigenvalue weighted by Gasteiger charge is -2.39. The molecule has 1 aromatic carbocycles. The number of hydrogen-bond donors (Lipinski definition) is 0. The number of carbonyl (C=O) groups excluding carboxylic acids is 2. The zero-order valence-corrected chi connectivity index (χ0v) is 15.4. The standard InChI is InChI=1S/C21H23FN2O3/c1-15-18(7-12-27-15)19(25)24-11-9-21(14-24)8-2-10-23(20(21)26)13-16-3-5-17(22)6-4-16/h3-7,12H,2,8-11,13-14H2,1H3/t21-/m0/s1. The number of piperidine rings is 1. The van der Waals surface area contributed by atoms with Gasteiger partial charge in [-0.1, -0.05) is 12.1 Å². The average Bonchev–Trinajstić information content (AvgIpc) is 3.28. The van der Waals surface area contributed by atoms with E-state index in [0.29, 0.717) is 43.9 Å². The summed E-state index contributed by atoms with van der Waals surface area (Å²) in [6.07, 6.45) is 3.93. The number of rotatable bonds is 3. The quantitative estimate of drug-likeness (QED) is 0.832. The summed E-state index contributed by atoms with van der Waals surface area (Å²) in [6, 6.07) is 7.96. The summed E-state index contributed by atoms with van der Waals surface area (Å²) >= 11 is 0. The van der Waals surface area contributed by atoms with Crippen LogP contribution in [0.4, 0.5) is 4.39 Å². The first kappa shape index (κ1) is 17.8. The maximum atomic E-state index is 13.2. The molecule has 2 fully saturated rings. The summed E-state index contributed by atoms with van der Waals surface area (Å²) < 4.78 is 18.4. The monoisotopic (exact) mass is 370 g/mol. The fraction of sp³-hybridized carbons (Fsp3) is 0.429. The summed E-state index contributed by atoms with van der Waals surface area (Å²) in [5.74, 6) is 0.368. The third-order valence-corrected chi connectivity index (χ3v) is 5.84. The molecule has 6 heteroatoms. The van der Waals surface area contributed by atoms with Crippen LogP contribution in [0.25, 0.3) is 0 Å². The molecule has 1 atom stereocenters. The molecule has 0 saturated carbocycles. The van der Waals surface area contributed by atoms with Crippen LogP contribution in [0.5, 0.6) is 0 Å². The molecule has 0 bridgehead atoms. The molecule has 5 nitrogen and oxygen atoms in total. The van der Waals surface area contributed by atoms with Gasteiger partial charge in [-0.15, -0.1) is 0 Å². The Morgan fingerprint density at radius 2 is 1.96 bits per heavy atom. The van der Waals surface area contributed by atoms with Crippen molar-refractivity contribution in [3.8, 4) is 0 Å². The van der Waals surface area contributed by atoms with E-state index in [0.717, 1.165) is 18.4 Å². The molecule has 1 spiro atoms. The van der Waals surface area contributed by atoms with E-state index < -0.39 is 5.41 Å². The molecule has 2 aliphatic rings. The Morgan fingerprint density at radius 1 is 1.19 bits per heavy atom. The number of hydrogen-bond acceptors (Lipinski definition) is 3. The lowest BCUT2D eigenvalue weighted by Crippen LogP contribution is -2.50. The zero-order chi connectivity index (χ0) is 19.0. The average molecular weight is 370 g/mol. The first-order chi connectivity index (χ1) is 13.0. The van der Waals surface area contributed by atoms with E-state index in [2.05, 4.69) is 0 Å². The van der Waals surface area contributed by atoms with Crippen LogP contribution in [0, 0.1) is 18.2 Å². The molecule has 0 unspecified atom stereocenters. The van der Waals surface area contributed by atoms with Crippen molar-refractivity contribution in [2.24, 2.45) is 5.41 Å². The maximum Gasteiger partial charge on any atom is 0.257 e. The minimum absolute atomic E-state index is 0.0680. The van der Waals surface area contributed by atoms with Crippen LogP contribution in [-0.2, 0) is 11.3 Å². The van der Waals surface area contributed by atoms with Crippen molar-refractivity contribution in [3.63, 3.8) is 0 Å². The molecule has 1 aromatic heterocycles. The Hall–Kier alpha value is -2.63. The van der Waals surface area contributed by atoms with Gasteiger partial charge in [0.05, 0.1) is 17.2 Å². The third kappa shape index (κ3) is 3.24. The second-order valence-electron chi connectivity index (χ2n) is 7.60. The highest BCUT2D eigenvalue weighted by Crippen LogP contribution is 2.41. The van der Waals surface area contributed by atoms with Crippen LogP contribution >= 0.6 is 0 Å². The van der Waals surface area contributed by atoms with Crippen LogP contribution in [0.3, 0.4) is 0 Å². The van der Waals surface area contributed by atoms with Gasteiger partial charge < -0.3 is 14.2 Å². The molecular weight excluding hydrogens is 347 g/mol. The number of furan rings is 1. The number of benzene rings is 1. The van der Waals surface area contributed by atoms with Gasteiger partial charge in [-0.3, -0.25) is 9.59 Å². The van der Waals surface area contributed by atoms with E-state index in [1.165, 1.54) is 18.4 Å². The molecule has 0 radical (unpaired) electrons. The van der Waals surface area contributed by atoms with Crippen LogP contribution in [0.2, 0.25) is 0 Å². The molecule has 0 aliphatic carbocycles. The summed E-state index contributed by atoms with van der Waals surface area (Å²) in [7, 11) is 0. The molecule has 2 amide bonds. The van der Waals surface area contributed by atoms with Crippen molar-refractivity contribution in [1.82, 2.24) is 9.80 Å². The Labute approximate surface area is 157 Å². The minimum atomic E-state index is -0.494. The highest BCUT2D eigenvalue weighted by Gasteiger charge is 2.49. The lowest BCUT2D eigenvalue weighted by molar-refractivity contribution is -0.146. The van der Waals surface area contributed by atoms with Crippen LogP contribution in [0.15, 0.2) is 41.0 Å². The number of nitrogens with zero attached hydrogens (tertiary/aromatic N) is 2. The van der Waals surface area contributed by atoms with Gasteiger partial charge in [-0.2, -0.15) is 0 Å². The number of likely N-dealkylation sites (tertiary alicyclic amines) is 2. The fourth-order valence-electron chi connectivity index (χ4n) is 4.31. The van der Waals surface area contributed by atoms with Gasteiger partial charge >= 0.3 is 0 Å². The Bertz CT molecular complexity index is 861. The first-order valence-electron chi connectivity index (χ1n) is 9.36. The van der Waals surface area contributed by atoms with Gasteiger partial charge in [0, 0.05) is 26.2 Å². The topological polar surface area (TPSA) is 53.8 Å². The second-order valence-corrected chi connectivity index (χ2v) is 7.60. The van der Waals surface area contributed by atoms with Crippen molar-refractivity contribution in [3.05, 3.63) is 59.3 Å². The molecule has 2 aliphatic heterocycles. The highest BCUT2D eigenvalue weighted by atomic mass is 19.1. The largest absolute Gasteiger partial charge is 0.469 e. The molecule has 3 heterocycles. The number of aryl methyl sites for hydroxylation is 1. The van der Waals surface area contributed by atoms with Crippen molar-refractivity contribution in [2.45, 2.75) is 32.7 Å². The van der Waals surface area contributed by atoms with E-state index in [-0.39, 0.29) is 17.6 Å². The lowest BCUT2D eigenvalue weighted by atomic mass is 9.78. The van der Waals surface area contributed by atoms with Gasteiger partial charge in [0.2, 0.25) is 5.91 Å². The highest BCUT2D eigenvalue weighted by molar-refractivity contribution is 5.96. The summed E-state index contributed by atoms with van der Waals surface area (Å²) in [4.78, 5) is 29.6. The van der Waals surface area contributed by atoms with Gasteiger partial charge in [-0.25, -0.2) is 4.39 Å². The number of halogens is 1. The third-order valence-electron chi connectivity index (χ3n) is 5.84. The second kappa shape index (κ2) is 6.83. The summed E-state index contributed by atoms with van der Waals surface area (Å²) in [6.45, 7) is 3.99.